The monoisotopic (exact) mass is 479 g/mol. The van der Waals surface area contributed by atoms with Crippen molar-refractivity contribution in [1.29, 1.82) is 0 Å². The van der Waals surface area contributed by atoms with E-state index in [1.54, 1.807) is 24.3 Å². The molecule has 0 aliphatic rings. The highest BCUT2D eigenvalue weighted by Gasteiger charge is 2.32. The van der Waals surface area contributed by atoms with Crippen LogP contribution in [0.3, 0.4) is 0 Å². The maximum Gasteiger partial charge on any atom is 0.348 e. The van der Waals surface area contributed by atoms with Crippen LogP contribution >= 0.6 is 0 Å². The molecule has 180 valence electrons. The van der Waals surface area contributed by atoms with E-state index in [1.165, 1.54) is 7.11 Å². The predicted octanol–water partition coefficient (Wildman–Crippen LogP) is 6.09. The average Bonchev–Trinajstić information content (AvgIpc) is 3.16. The van der Waals surface area contributed by atoms with Gasteiger partial charge in [0.15, 0.2) is 0 Å². The quantitative estimate of drug-likeness (QED) is 0.244. The van der Waals surface area contributed by atoms with Crippen LogP contribution in [0.1, 0.15) is 27.2 Å². The number of aromatic hydroxyl groups is 1. The number of rotatable bonds is 5. The Morgan fingerprint density at radius 2 is 1.58 bits per heavy atom. The first-order valence-electron chi connectivity index (χ1n) is 11.6. The number of nitrogens with zero attached hydrogens (tertiary/aromatic N) is 1. The zero-order valence-corrected chi connectivity index (χ0v) is 20.2. The number of esters is 1. The number of methoxy groups -OCH3 is 1. The lowest BCUT2D eigenvalue weighted by molar-refractivity contribution is 0.0600. The van der Waals surface area contributed by atoms with Crippen LogP contribution in [0.2, 0.25) is 0 Å². The van der Waals surface area contributed by atoms with Crippen LogP contribution < -0.4 is 5.63 Å². The smallest absolute Gasteiger partial charge is 0.348 e. The van der Waals surface area contributed by atoms with E-state index >= 15 is 0 Å². The molecule has 0 aliphatic heterocycles. The molecule has 5 rings (SSSR count). The summed E-state index contributed by atoms with van der Waals surface area (Å²) >= 11 is 0. The van der Waals surface area contributed by atoms with Crippen molar-refractivity contribution in [3.63, 3.8) is 0 Å². The van der Waals surface area contributed by atoms with Gasteiger partial charge in [0.2, 0.25) is 0 Å². The Morgan fingerprint density at radius 3 is 2.28 bits per heavy atom. The normalized spacial score (nSPS) is 11.1. The molecule has 0 saturated heterocycles. The van der Waals surface area contributed by atoms with Crippen LogP contribution in [-0.4, -0.2) is 22.8 Å². The Bertz CT molecular complexity index is 1640. The van der Waals surface area contributed by atoms with Gasteiger partial charge in [0.25, 0.3) is 0 Å². The summed E-state index contributed by atoms with van der Waals surface area (Å²) in [5.41, 5.74) is 4.13. The molecule has 36 heavy (non-hydrogen) atoms. The van der Waals surface area contributed by atoms with Crippen molar-refractivity contribution in [2.45, 2.75) is 20.4 Å². The first kappa shape index (κ1) is 23.2. The van der Waals surface area contributed by atoms with Crippen LogP contribution in [0.4, 0.5) is 0 Å². The summed E-state index contributed by atoms with van der Waals surface area (Å²) in [7, 11) is 1.30. The molecule has 0 radical (unpaired) electrons. The molecule has 2 aromatic heterocycles. The summed E-state index contributed by atoms with van der Waals surface area (Å²) in [5, 5.41) is 11.7. The molecule has 0 unspecified atom stereocenters. The maximum absolute atomic E-state index is 13.3. The minimum Gasteiger partial charge on any atom is -0.506 e. The third-order valence-electron chi connectivity index (χ3n) is 6.46. The van der Waals surface area contributed by atoms with Gasteiger partial charge in [0.1, 0.15) is 16.9 Å². The standard InChI is InChI=1S/C30H25NO5/c1-18-13-15-20(16-14-18)17-31-19(2)24(29(33)35-3)25(27(31)21-9-5-4-6-10-21)26-28(32)22-11-7-8-12-23(22)36-30(26)34/h4-16,32H,17H2,1-3H3. The first-order valence-corrected chi connectivity index (χ1v) is 11.6. The molecular weight excluding hydrogens is 454 g/mol. The van der Waals surface area contributed by atoms with Gasteiger partial charge in [0.05, 0.1) is 23.8 Å². The van der Waals surface area contributed by atoms with E-state index in [4.69, 9.17) is 9.15 Å². The highest BCUT2D eigenvalue weighted by atomic mass is 16.5. The highest BCUT2D eigenvalue weighted by molar-refractivity contribution is 6.06. The molecule has 0 aliphatic carbocycles. The molecule has 0 bridgehead atoms. The number of para-hydroxylation sites is 1. The molecule has 0 amide bonds. The molecular formula is C30H25NO5. The molecule has 0 saturated carbocycles. The van der Waals surface area contributed by atoms with Crippen molar-refractivity contribution in [3.05, 3.63) is 112 Å². The minimum absolute atomic E-state index is 0.0706. The number of carbonyl (C=O) groups excluding carboxylic acids is 1. The van der Waals surface area contributed by atoms with Crippen molar-refractivity contribution in [2.24, 2.45) is 0 Å². The van der Waals surface area contributed by atoms with Gasteiger partial charge in [-0.25, -0.2) is 9.59 Å². The molecule has 0 spiro atoms. The average molecular weight is 480 g/mol. The van der Waals surface area contributed by atoms with Gasteiger partial charge in [-0.15, -0.1) is 0 Å². The number of aromatic nitrogens is 1. The first-order chi connectivity index (χ1) is 17.4. The van der Waals surface area contributed by atoms with Crippen molar-refractivity contribution in [1.82, 2.24) is 4.57 Å². The van der Waals surface area contributed by atoms with Gasteiger partial charge in [0, 0.05) is 17.8 Å². The second-order valence-corrected chi connectivity index (χ2v) is 8.72. The van der Waals surface area contributed by atoms with E-state index in [9.17, 15) is 14.7 Å². The number of benzene rings is 3. The van der Waals surface area contributed by atoms with Crippen molar-refractivity contribution in [3.8, 4) is 28.1 Å². The van der Waals surface area contributed by atoms with Gasteiger partial charge in [-0.2, -0.15) is 0 Å². The lowest BCUT2D eigenvalue weighted by atomic mass is 9.96. The van der Waals surface area contributed by atoms with Crippen molar-refractivity contribution in [2.75, 3.05) is 7.11 Å². The second kappa shape index (κ2) is 9.23. The van der Waals surface area contributed by atoms with Crippen LogP contribution in [0.5, 0.6) is 5.75 Å². The Hall–Kier alpha value is -4.58. The number of hydrogen-bond donors (Lipinski definition) is 1. The summed E-state index contributed by atoms with van der Waals surface area (Å²) in [6.45, 7) is 4.28. The predicted molar refractivity (Wildman–Crippen MR) is 139 cm³/mol. The fourth-order valence-corrected chi connectivity index (χ4v) is 4.66. The number of carbonyl (C=O) groups is 1. The fourth-order valence-electron chi connectivity index (χ4n) is 4.66. The minimum atomic E-state index is -0.735. The van der Waals surface area contributed by atoms with Crippen molar-refractivity contribution < 1.29 is 19.1 Å². The lowest BCUT2D eigenvalue weighted by Crippen LogP contribution is -2.09. The zero-order valence-electron chi connectivity index (χ0n) is 20.2. The van der Waals surface area contributed by atoms with Gasteiger partial charge >= 0.3 is 11.6 Å². The SMILES string of the molecule is COC(=O)c1c(-c2c(O)c3ccccc3oc2=O)c(-c2ccccc2)n(Cc2ccc(C)cc2)c1C. The Labute approximate surface area is 208 Å². The number of hydrogen-bond acceptors (Lipinski definition) is 5. The van der Waals surface area contributed by atoms with E-state index in [0.29, 0.717) is 23.3 Å². The molecule has 0 atom stereocenters. The lowest BCUT2D eigenvalue weighted by Gasteiger charge is -2.14. The molecule has 2 heterocycles. The number of fused-ring (bicyclic) bond motifs is 1. The third kappa shape index (κ3) is 3.86. The van der Waals surface area contributed by atoms with Gasteiger partial charge in [-0.3, -0.25) is 0 Å². The van der Waals surface area contributed by atoms with Gasteiger partial charge in [-0.1, -0.05) is 72.3 Å². The topological polar surface area (TPSA) is 81.7 Å². The molecule has 0 fully saturated rings. The van der Waals surface area contributed by atoms with E-state index in [0.717, 1.165) is 16.7 Å². The molecule has 1 N–H and O–H groups in total. The summed E-state index contributed by atoms with van der Waals surface area (Å²) < 4.78 is 12.7. The summed E-state index contributed by atoms with van der Waals surface area (Å²) in [4.78, 5) is 26.5. The van der Waals surface area contributed by atoms with Crippen LogP contribution in [0.15, 0.2) is 88.1 Å². The van der Waals surface area contributed by atoms with E-state index < -0.39 is 11.6 Å². The summed E-state index contributed by atoms with van der Waals surface area (Å²) in [6, 6.07) is 24.4. The highest BCUT2D eigenvalue weighted by Crippen LogP contribution is 2.43. The number of ether oxygens (including phenoxy) is 1. The van der Waals surface area contributed by atoms with Crippen LogP contribution in [0.25, 0.3) is 33.4 Å². The zero-order chi connectivity index (χ0) is 25.4. The molecule has 5 aromatic rings. The molecule has 3 aromatic carbocycles. The van der Waals surface area contributed by atoms with Gasteiger partial charge < -0.3 is 18.8 Å². The van der Waals surface area contributed by atoms with Crippen LogP contribution in [0, 0.1) is 13.8 Å². The van der Waals surface area contributed by atoms with Crippen molar-refractivity contribution >= 4 is 16.9 Å². The summed E-state index contributed by atoms with van der Waals surface area (Å²) in [6.07, 6.45) is 0. The van der Waals surface area contributed by atoms with E-state index in [-0.39, 0.29) is 28.0 Å². The number of aryl methyl sites for hydroxylation is 1. The van der Waals surface area contributed by atoms with Gasteiger partial charge in [-0.05, 0) is 37.1 Å². The molecule has 6 heteroatoms. The van der Waals surface area contributed by atoms with E-state index in [1.807, 2.05) is 73.0 Å². The Balaban J connectivity index is 1.90. The van der Waals surface area contributed by atoms with E-state index in [2.05, 4.69) is 0 Å². The largest absolute Gasteiger partial charge is 0.506 e. The third-order valence-corrected chi connectivity index (χ3v) is 6.46. The summed E-state index contributed by atoms with van der Waals surface area (Å²) in [5.74, 6) is -0.842. The Morgan fingerprint density at radius 1 is 0.917 bits per heavy atom. The fraction of sp³-hybridized carbons (Fsp3) is 0.133. The van der Waals surface area contributed by atoms with Crippen LogP contribution in [-0.2, 0) is 11.3 Å². The maximum atomic E-state index is 13.3. The second-order valence-electron chi connectivity index (χ2n) is 8.72. The molecule has 6 nitrogen and oxygen atoms in total. The Kier molecular flexibility index (Phi) is 5.94.